The molecule has 0 aliphatic rings. The molecular formula is C28H40BrF2O10PS. The lowest BCUT2D eigenvalue weighted by atomic mass is 10.1. The Morgan fingerprint density at radius 2 is 1.26 bits per heavy atom. The molecule has 0 aliphatic carbocycles. The molecule has 2 aromatic rings. The minimum Gasteiger partial charge on any atom is -0.456 e. The van der Waals surface area contributed by atoms with Crippen molar-refractivity contribution in [3.05, 3.63) is 33.1 Å². The predicted octanol–water partition coefficient (Wildman–Crippen LogP) is 9.81. The van der Waals surface area contributed by atoms with Crippen molar-refractivity contribution in [1.29, 1.82) is 0 Å². The minimum atomic E-state index is -4.73. The van der Waals surface area contributed by atoms with Gasteiger partial charge in [-0.1, -0.05) is 0 Å². The molecule has 0 saturated carbocycles. The summed E-state index contributed by atoms with van der Waals surface area (Å²) < 4.78 is 72.3. The molecule has 244 valence electrons. The van der Waals surface area contributed by atoms with Crippen LogP contribution in [0.5, 0.6) is 0 Å². The van der Waals surface area contributed by atoms with Gasteiger partial charge >= 0.3 is 31.5 Å². The van der Waals surface area contributed by atoms with Gasteiger partial charge in [0, 0.05) is 14.6 Å². The highest BCUT2D eigenvalue weighted by Crippen LogP contribution is 2.69. The van der Waals surface area contributed by atoms with E-state index in [-0.39, 0.29) is 23.2 Å². The number of ether oxygens (including phenoxy) is 4. The first-order valence-corrected chi connectivity index (χ1v) is 16.4. The predicted molar refractivity (Wildman–Crippen MR) is 163 cm³/mol. The number of esters is 1. The van der Waals surface area contributed by atoms with Gasteiger partial charge in [-0.2, -0.15) is 8.78 Å². The summed E-state index contributed by atoms with van der Waals surface area (Å²) in [6.07, 6.45) is -2.12. The maximum Gasteiger partial charge on any atom is 0.519 e. The van der Waals surface area contributed by atoms with E-state index in [0.717, 1.165) is 11.3 Å². The van der Waals surface area contributed by atoms with Crippen molar-refractivity contribution in [3.63, 3.8) is 0 Å². The number of hydrogen-bond donors (Lipinski definition) is 0. The number of thiophene rings is 1. The van der Waals surface area contributed by atoms with Gasteiger partial charge in [-0.3, -0.25) is 4.57 Å². The van der Waals surface area contributed by atoms with Crippen LogP contribution in [0.4, 0.5) is 18.4 Å². The second-order valence-corrected chi connectivity index (χ2v) is 15.8. The Bertz CT molecular complexity index is 1300. The number of halogens is 3. The Kier molecular flexibility index (Phi) is 13.4. The van der Waals surface area contributed by atoms with E-state index in [9.17, 15) is 18.9 Å². The molecule has 15 heteroatoms. The average Bonchev–Trinajstić information content (AvgIpc) is 3.12. The lowest BCUT2D eigenvalue weighted by molar-refractivity contribution is -0.0294. The zero-order valence-corrected chi connectivity index (χ0v) is 29.5. The van der Waals surface area contributed by atoms with Gasteiger partial charge < -0.3 is 28.0 Å². The van der Waals surface area contributed by atoms with Crippen LogP contribution in [0.15, 0.2) is 22.7 Å². The van der Waals surface area contributed by atoms with Crippen molar-refractivity contribution >= 4 is 63.2 Å². The summed E-state index contributed by atoms with van der Waals surface area (Å²) >= 11 is 3.93. The highest BCUT2D eigenvalue weighted by Gasteiger charge is 2.57. The summed E-state index contributed by atoms with van der Waals surface area (Å²) in [7, 11) is -4.73. The maximum atomic E-state index is 15.1. The van der Waals surface area contributed by atoms with Gasteiger partial charge in [0.2, 0.25) is 0 Å². The summed E-state index contributed by atoms with van der Waals surface area (Å²) in [6, 6.07) is 4.53. The third-order valence-corrected chi connectivity index (χ3v) is 9.01. The van der Waals surface area contributed by atoms with E-state index in [4.69, 9.17) is 23.3 Å². The summed E-state index contributed by atoms with van der Waals surface area (Å²) in [4.78, 5) is 33.8. The Morgan fingerprint density at radius 3 is 1.65 bits per heavy atom. The van der Waals surface area contributed by atoms with Crippen LogP contribution in [0.3, 0.4) is 0 Å². The molecule has 0 spiro atoms. The molecule has 0 unspecified atom stereocenters. The van der Waals surface area contributed by atoms with Crippen LogP contribution in [-0.4, -0.2) is 48.3 Å². The molecule has 43 heavy (non-hydrogen) atoms. The van der Waals surface area contributed by atoms with Crippen LogP contribution in [0.25, 0.3) is 10.1 Å². The van der Waals surface area contributed by atoms with E-state index in [1.54, 1.807) is 68.4 Å². The number of alkyl halides is 2. The van der Waals surface area contributed by atoms with Crippen LogP contribution >= 0.6 is 34.9 Å². The molecule has 1 heterocycles. The number of hydrogen-bond acceptors (Lipinski definition) is 11. The Balaban J connectivity index is 0.000000523. The molecule has 2 rings (SSSR count). The Labute approximate surface area is 263 Å². The van der Waals surface area contributed by atoms with Gasteiger partial charge in [0.05, 0.1) is 18.8 Å². The summed E-state index contributed by atoms with van der Waals surface area (Å²) in [5.74, 6) is -0.560. The van der Waals surface area contributed by atoms with Crippen LogP contribution in [0, 0.1) is 0 Å². The first kappa shape index (κ1) is 38.9. The highest BCUT2D eigenvalue weighted by atomic mass is 79.9. The van der Waals surface area contributed by atoms with Crippen molar-refractivity contribution in [3.8, 4) is 0 Å². The van der Waals surface area contributed by atoms with Crippen molar-refractivity contribution in [2.24, 2.45) is 0 Å². The standard InChI is InChI=1S/C18H22BrF2O5PS.C10H18O5/c1-6-24-27(23,25-7-2)18(20,21)15-14(19)12-10-11(8-9-13(12)28-15)16(22)26-17(3,4)5;1-9(2,3)14-7(11)13-8(12)15-10(4,5)6/h8-10H,6-7H2,1-5H3;1-6H3. The van der Waals surface area contributed by atoms with Crippen molar-refractivity contribution in [2.75, 3.05) is 13.2 Å². The number of benzene rings is 1. The van der Waals surface area contributed by atoms with E-state index in [0.29, 0.717) is 10.1 Å². The lowest BCUT2D eigenvalue weighted by Gasteiger charge is -2.25. The zero-order chi connectivity index (χ0) is 33.6. The topological polar surface area (TPSA) is 124 Å². The summed E-state index contributed by atoms with van der Waals surface area (Å²) in [6.45, 7) is 17.8. The van der Waals surface area contributed by atoms with Gasteiger partial charge in [-0.05, 0) is 110 Å². The SMILES string of the molecule is CC(C)(C)OC(=O)OC(=O)OC(C)(C)C.CCOP(=O)(OCC)C(F)(F)c1sc2ccc(C(=O)OC(C)(C)C)cc2c1Br. The third-order valence-electron chi connectivity index (χ3n) is 4.42. The molecule has 1 aromatic carbocycles. The molecule has 0 aliphatic heterocycles. The first-order valence-electron chi connectivity index (χ1n) is 13.2. The number of carbonyl (C=O) groups excluding carboxylic acids is 3. The molecule has 0 N–H and O–H groups in total. The van der Waals surface area contributed by atoms with E-state index in [1.807, 2.05) is 0 Å². The van der Waals surface area contributed by atoms with Crippen LogP contribution in [0.2, 0.25) is 0 Å². The highest BCUT2D eigenvalue weighted by molar-refractivity contribution is 9.10. The Hall–Kier alpha value is -2.12. The molecule has 1 aromatic heterocycles. The van der Waals surface area contributed by atoms with Crippen LogP contribution in [-0.2, 0) is 38.2 Å². The van der Waals surface area contributed by atoms with Crippen LogP contribution in [0.1, 0.15) is 91.4 Å². The van der Waals surface area contributed by atoms with Crippen LogP contribution < -0.4 is 0 Å². The number of rotatable bonds is 7. The number of fused-ring (bicyclic) bond motifs is 1. The van der Waals surface area contributed by atoms with Gasteiger partial charge in [-0.15, -0.1) is 11.3 Å². The van der Waals surface area contributed by atoms with Gasteiger partial charge in [0.1, 0.15) is 21.7 Å². The normalized spacial score (nSPS) is 12.7. The van der Waals surface area contributed by atoms with E-state index in [2.05, 4.69) is 20.7 Å². The zero-order valence-electron chi connectivity index (χ0n) is 26.2. The second-order valence-electron chi connectivity index (χ2n) is 11.9. The smallest absolute Gasteiger partial charge is 0.456 e. The van der Waals surface area contributed by atoms with E-state index < -0.39 is 53.2 Å². The molecular weight excluding hydrogens is 677 g/mol. The molecule has 0 atom stereocenters. The fraction of sp³-hybridized carbons (Fsp3) is 0.607. The maximum absolute atomic E-state index is 15.1. The van der Waals surface area contributed by atoms with Crippen molar-refractivity contribution in [2.45, 2.75) is 98.6 Å². The van der Waals surface area contributed by atoms with Gasteiger partial charge in [0.25, 0.3) is 0 Å². The quantitative estimate of drug-likeness (QED) is 0.118. The first-order chi connectivity index (χ1) is 19.4. The lowest BCUT2D eigenvalue weighted by Crippen LogP contribution is -2.29. The molecule has 0 fully saturated rings. The summed E-state index contributed by atoms with van der Waals surface area (Å²) in [5, 5.41) is 0.391. The molecule has 0 bridgehead atoms. The van der Waals surface area contributed by atoms with E-state index in [1.165, 1.54) is 26.0 Å². The summed E-state index contributed by atoms with van der Waals surface area (Å²) in [5.41, 5.74) is -5.70. The third kappa shape index (κ3) is 12.1. The molecule has 0 saturated heterocycles. The minimum absolute atomic E-state index is 0.0440. The molecule has 10 nitrogen and oxygen atoms in total. The average molecular weight is 718 g/mol. The largest absolute Gasteiger partial charge is 0.519 e. The Morgan fingerprint density at radius 1 is 0.814 bits per heavy atom. The number of carbonyl (C=O) groups is 3. The van der Waals surface area contributed by atoms with Gasteiger partial charge in [0.15, 0.2) is 0 Å². The monoisotopic (exact) mass is 716 g/mol. The fourth-order valence-electron chi connectivity index (χ4n) is 3.00. The second kappa shape index (κ2) is 14.8. The van der Waals surface area contributed by atoms with Crippen molar-refractivity contribution < 1.29 is 55.7 Å². The molecule has 0 radical (unpaired) electrons. The van der Waals surface area contributed by atoms with E-state index >= 15 is 8.78 Å². The molecule has 0 amide bonds. The van der Waals surface area contributed by atoms with Gasteiger partial charge in [-0.25, -0.2) is 14.4 Å². The van der Waals surface area contributed by atoms with Crippen molar-refractivity contribution in [1.82, 2.24) is 0 Å². The fourth-order valence-corrected chi connectivity index (χ4v) is 6.96.